The molecular formula is C19H22ClN5O. The fourth-order valence-corrected chi connectivity index (χ4v) is 3.75. The van der Waals surface area contributed by atoms with E-state index in [2.05, 4.69) is 15.6 Å². The van der Waals surface area contributed by atoms with E-state index in [-0.39, 0.29) is 5.56 Å². The number of rotatable bonds is 2. The molecule has 1 aromatic heterocycles. The van der Waals surface area contributed by atoms with E-state index in [1.54, 1.807) is 4.57 Å². The summed E-state index contributed by atoms with van der Waals surface area (Å²) in [7, 11) is 0. The lowest BCUT2D eigenvalue weighted by Crippen LogP contribution is -2.45. The minimum atomic E-state index is -0.463. The van der Waals surface area contributed by atoms with Crippen LogP contribution in [0.2, 0.25) is 5.02 Å². The van der Waals surface area contributed by atoms with Crippen LogP contribution in [0.3, 0.4) is 0 Å². The summed E-state index contributed by atoms with van der Waals surface area (Å²) in [6.45, 7) is 1.82. The van der Waals surface area contributed by atoms with Gasteiger partial charge in [0, 0.05) is 22.8 Å². The van der Waals surface area contributed by atoms with Crippen molar-refractivity contribution in [1.29, 1.82) is 0 Å². The van der Waals surface area contributed by atoms with Gasteiger partial charge in [-0.15, -0.1) is 0 Å². The number of nitrogens with one attached hydrogen (secondary N) is 2. The molecule has 1 atom stereocenters. The molecular weight excluding hydrogens is 350 g/mol. The van der Waals surface area contributed by atoms with E-state index < -0.39 is 6.17 Å². The second-order valence-electron chi connectivity index (χ2n) is 6.94. The summed E-state index contributed by atoms with van der Waals surface area (Å²) in [5.74, 6) is 1.19. The first kappa shape index (κ1) is 17.1. The molecule has 26 heavy (non-hydrogen) atoms. The number of anilines is 1. The predicted octanol–water partition coefficient (Wildman–Crippen LogP) is 3.46. The molecule has 136 valence electrons. The van der Waals surface area contributed by atoms with Crippen LogP contribution < -0.4 is 16.2 Å². The third kappa shape index (κ3) is 3.46. The Morgan fingerprint density at radius 2 is 1.92 bits per heavy atom. The number of hydrogen-bond acceptors (Lipinski definition) is 5. The van der Waals surface area contributed by atoms with Gasteiger partial charge in [-0.2, -0.15) is 0 Å². The van der Waals surface area contributed by atoms with E-state index in [4.69, 9.17) is 16.6 Å². The summed E-state index contributed by atoms with van der Waals surface area (Å²) < 4.78 is 1.59. The van der Waals surface area contributed by atoms with E-state index >= 15 is 0 Å². The zero-order chi connectivity index (χ0) is 18.1. The van der Waals surface area contributed by atoms with Gasteiger partial charge in [-0.05, 0) is 37.5 Å². The quantitative estimate of drug-likeness (QED) is 0.848. The van der Waals surface area contributed by atoms with Crippen molar-refractivity contribution in [1.82, 2.24) is 14.9 Å². The third-order valence-corrected chi connectivity index (χ3v) is 5.17. The number of aromatic nitrogens is 2. The summed E-state index contributed by atoms with van der Waals surface area (Å²) in [5.41, 5.74) is 1.45. The highest BCUT2D eigenvalue weighted by Gasteiger charge is 2.26. The van der Waals surface area contributed by atoms with E-state index in [0.29, 0.717) is 28.7 Å². The Morgan fingerprint density at radius 3 is 2.65 bits per heavy atom. The number of halogens is 1. The van der Waals surface area contributed by atoms with E-state index in [9.17, 15) is 4.79 Å². The molecule has 4 rings (SSSR count). The standard InChI is InChI=1S/C19H22ClN5O/c1-12-11-16(26)25-17(13-7-9-14(20)10-8-13)23-18(24-19(25)21-12)22-15-5-3-2-4-6-15/h7-11,15,17H,2-6H2,1H3,(H2,21,22,23,24). The van der Waals surface area contributed by atoms with Crippen LogP contribution in [-0.2, 0) is 0 Å². The Hall–Kier alpha value is -2.34. The molecule has 6 nitrogen and oxygen atoms in total. The van der Waals surface area contributed by atoms with Crippen molar-refractivity contribution in [3.63, 3.8) is 0 Å². The van der Waals surface area contributed by atoms with Crippen LogP contribution in [0.1, 0.15) is 49.5 Å². The minimum absolute atomic E-state index is 0.125. The highest BCUT2D eigenvalue weighted by atomic mass is 35.5. The maximum absolute atomic E-state index is 12.6. The summed E-state index contributed by atoms with van der Waals surface area (Å²) in [6.07, 6.45) is 5.58. The van der Waals surface area contributed by atoms with Gasteiger partial charge in [-0.3, -0.25) is 14.7 Å². The van der Waals surface area contributed by atoms with E-state index in [1.807, 2.05) is 31.2 Å². The number of aliphatic imine (C=N–C) groups is 1. The first-order chi connectivity index (χ1) is 12.6. The number of nitrogens with zero attached hydrogens (tertiary/aromatic N) is 3. The van der Waals surface area contributed by atoms with Gasteiger partial charge in [0.15, 0.2) is 6.17 Å². The Labute approximate surface area is 157 Å². The molecule has 1 aliphatic carbocycles. The topological polar surface area (TPSA) is 71.3 Å². The van der Waals surface area contributed by atoms with Crippen LogP contribution in [0.15, 0.2) is 40.1 Å². The van der Waals surface area contributed by atoms with Crippen molar-refractivity contribution < 1.29 is 0 Å². The molecule has 0 amide bonds. The lowest BCUT2D eigenvalue weighted by molar-refractivity contribution is 0.410. The van der Waals surface area contributed by atoms with E-state index in [0.717, 1.165) is 18.4 Å². The molecule has 1 fully saturated rings. The van der Waals surface area contributed by atoms with Crippen molar-refractivity contribution in [3.05, 3.63) is 57.0 Å². The average Bonchev–Trinajstić information content (AvgIpc) is 2.62. The second-order valence-corrected chi connectivity index (χ2v) is 7.37. The van der Waals surface area contributed by atoms with Gasteiger partial charge < -0.3 is 5.32 Å². The molecule has 2 aliphatic rings. The lowest BCUT2D eigenvalue weighted by atomic mass is 9.96. The molecule has 2 N–H and O–H groups in total. The van der Waals surface area contributed by atoms with Crippen LogP contribution in [0, 0.1) is 6.92 Å². The fraction of sp³-hybridized carbons (Fsp3) is 0.421. The number of aryl methyl sites for hydroxylation is 1. The molecule has 0 bridgehead atoms. The molecule has 0 saturated heterocycles. The van der Waals surface area contributed by atoms with Crippen molar-refractivity contribution in [2.45, 2.75) is 51.2 Å². The van der Waals surface area contributed by atoms with Gasteiger partial charge in [-0.25, -0.2) is 9.98 Å². The Balaban J connectivity index is 1.73. The zero-order valence-electron chi connectivity index (χ0n) is 14.7. The average molecular weight is 372 g/mol. The maximum atomic E-state index is 12.6. The Bertz CT molecular complexity index is 884. The van der Waals surface area contributed by atoms with Gasteiger partial charge >= 0.3 is 0 Å². The molecule has 7 heteroatoms. The van der Waals surface area contributed by atoms with Crippen LogP contribution in [0.4, 0.5) is 5.95 Å². The maximum Gasteiger partial charge on any atom is 0.257 e. The summed E-state index contributed by atoms with van der Waals surface area (Å²) in [4.78, 5) is 21.9. The minimum Gasteiger partial charge on any atom is -0.353 e. The third-order valence-electron chi connectivity index (χ3n) is 4.92. The van der Waals surface area contributed by atoms with Gasteiger partial charge in [0.05, 0.1) is 0 Å². The molecule has 0 spiro atoms. The summed E-state index contributed by atoms with van der Waals surface area (Å²) in [6, 6.07) is 9.36. The fourth-order valence-electron chi connectivity index (χ4n) is 3.62. The van der Waals surface area contributed by atoms with Crippen molar-refractivity contribution in [2.75, 3.05) is 5.32 Å². The first-order valence-electron chi connectivity index (χ1n) is 9.07. The SMILES string of the molecule is Cc1cc(=O)n2c(n1)NC(NC1CCCCC1)=NC2c1ccc(Cl)cc1. The van der Waals surface area contributed by atoms with Gasteiger partial charge in [-0.1, -0.05) is 43.0 Å². The van der Waals surface area contributed by atoms with Crippen LogP contribution in [-0.4, -0.2) is 21.6 Å². The normalized spacial score (nSPS) is 20.1. The van der Waals surface area contributed by atoms with Crippen LogP contribution >= 0.6 is 11.6 Å². The molecule has 2 aromatic rings. The van der Waals surface area contributed by atoms with Gasteiger partial charge in [0.1, 0.15) is 0 Å². The molecule has 1 unspecified atom stereocenters. The molecule has 2 heterocycles. The predicted molar refractivity (Wildman–Crippen MR) is 104 cm³/mol. The number of benzene rings is 1. The second kappa shape index (κ2) is 7.11. The highest BCUT2D eigenvalue weighted by Crippen LogP contribution is 2.26. The largest absolute Gasteiger partial charge is 0.353 e. The molecule has 1 saturated carbocycles. The summed E-state index contributed by atoms with van der Waals surface area (Å²) in [5, 5.41) is 7.36. The number of guanidine groups is 1. The number of fused-ring (bicyclic) bond motifs is 1. The first-order valence-corrected chi connectivity index (χ1v) is 9.45. The van der Waals surface area contributed by atoms with Crippen molar-refractivity contribution >= 4 is 23.5 Å². The molecule has 1 aliphatic heterocycles. The van der Waals surface area contributed by atoms with Crippen molar-refractivity contribution in [2.24, 2.45) is 4.99 Å². The lowest BCUT2D eigenvalue weighted by Gasteiger charge is -2.30. The Morgan fingerprint density at radius 1 is 1.19 bits per heavy atom. The van der Waals surface area contributed by atoms with Gasteiger partial charge in [0.25, 0.3) is 5.56 Å². The van der Waals surface area contributed by atoms with Crippen LogP contribution in [0.5, 0.6) is 0 Å². The Kier molecular flexibility index (Phi) is 4.68. The highest BCUT2D eigenvalue weighted by molar-refractivity contribution is 6.30. The summed E-state index contributed by atoms with van der Waals surface area (Å²) >= 11 is 6.02. The monoisotopic (exact) mass is 371 g/mol. The molecule has 1 aromatic carbocycles. The smallest absolute Gasteiger partial charge is 0.257 e. The van der Waals surface area contributed by atoms with Crippen molar-refractivity contribution in [3.8, 4) is 0 Å². The van der Waals surface area contributed by atoms with E-state index in [1.165, 1.54) is 25.3 Å². The number of hydrogen-bond donors (Lipinski definition) is 2. The van der Waals surface area contributed by atoms with Crippen LogP contribution in [0.25, 0.3) is 0 Å². The molecule has 0 radical (unpaired) electrons. The zero-order valence-corrected chi connectivity index (χ0v) is 15.5. The van der Waals surface area contributed by atoms with Gasteiger partial charge in [0.2, 0.25) is 11.9 Å².